The molecule has 2 aromatic carbocycles. The van der Waals surface area contributed by atoms with Crippen molar-refractivity contribution in [3.05, 3.63) is 74.7 Å². The number of hydrogen-bond donors (Lipinski definition) is 1. The third-order valence-electron chi connectivity index (χ3n) is 3.14. The first-order chi connectivity index (χ1) is 9.65. The van der Waals surface area contributed by atoms with Crippen molar-refractivity contribution < 1.29 is 4.92 Å². The average molecular weight is 306 g/mol. The number of para-hydroxylation sites is 2. The molecule has 0 saturated carbocycles. The molecule has 21 heavy (non-hydrogen) atoms. The molecule has 0 atom stereocenters. The molecule has 1 aromatic heterocycles. The van der Waals surface area contributed by atoms with Crippen LogP contribution in [0.1, 0.15) is 5.56 Å². The SMILES string of the molecule is Cl.O=c1[nH]c2ccccc2n1Cc1cccc([N+](=O)[O-])c1. The molecule has 0 saturated heterocycles. The van der Waals surface area contributed by atoms with Crippen LogP contribution in [0, 0.1) is 10.1 Å². The predicted octanol–water partition coefficient (Wildman–Crippen LogP) is 2.71. The molecule has 1 heterocycles. The first kappa shape index (κ1) is 14.8. The first-order valence-electron chi connectivity index (χ1n) is 6.06. The number of hydrogen-bond acceptors (Lipinski definition) is 3. The summed E-state index contributed by atoms with van der Waals surface area (Å²) in [6, 6.07) is 13.6. The van der Waals surface area contributed by atoms with Gasteiger partial charge >= 0.3 is 5.69 Å². The number of benzene rings is 2. The summed E-state index contributed by atoms with van der Waals surface area (Å²) in [4.78, 5) is 25.0. The van der Waals surface area contributed by atoms with Gasteiger partial charge in [0.25, 0.3) is 5.69 Å². The molecule has 0 spiro atoms. The van der Waals surface area contributed by atoms with E-state index >= 15 is 0 Å². The van der Waals surface area contributed by atoms with Crippen LogP contribution in [0.4, 0.5) is 5.69 Å². The number of H-pyrrole nitrogens is 1. The third-order valence-corrected chi connectivity index (χ3v) is 3.14. The van der Waals surface area contributed by atoms with Crippen LogP contribution in [0.2, 0.25) is 0 Å². The van der Waals surface area contributed by atoms with Crippen molar-refractivity contribution in [2.75, 3.05) is 0 Å². The number of aromatic nitrogens is 2. The molecule has 0 bridgehead atoms. The van der Waals surface area contributed by atoms with Gasteiger partial charge in [0, 0.05) is 12.1 Å². The van der Waals surface area contributed by atoms with E-state index in [1.807, 2.05) is 24.3 Å². The number of non-ortho nitro benzene ring substituents is 1. The third kappa shape index (κ3) is 2.80. The zero-order valence-electron chi connectivity index (χ0n) is 10.9. The van der Waals surface area contributed by atoms with Gasteiger partial charge in [-0.05, 0) is 17.7 Å². The Balaban J connectivity index is 0.00000161. The molecule has 3 rings (SSSR count). The van der Waals surface area contributed by atoms with Crippen molar-refractivity contribution in [2.45, 2.75) is 6.54 Å². The Morgan fingerprint density at radius 1 is 1.14 bits per heavy atom. The van der Waals surface area contributed by atoms with E-state index in [0.717, 1.165) is 11.0 Å². The summed E-state index contributed by atoms with van der Waals surface area (Å²) in [6.07, 6.45) is 0. The highest BCUT2D eigenvalue weighted by Gasteiger charge is 2.09. The van der Waals surface area contributed by atoms with Crippen molar-refractivity contribution in [3.63, 3.8) is 0 Å². The molecule has 108 valence electrons. The van der Waals surface area contributed by atoms with Crippen molar-refractivity contribution in [1.82, 2.24) is 9.55 Å². The molecule has 0 aliphatic carbocycles. The molecule has 6 nitrogen and oxygen atoms in total. The summed E-state index contributed by atoms with van der Waals surface area (Å²) in [5.74, 6) is 0. The molecule has 0 fully saturated rings. The Hall–Kier alpha value is -2.60. The summed E-state index contributed by atoms with van der Waals surface area (Å²) < 4.78 is 1.56. The summed E-state index contributed by atoms with van der Waals surface area (Å²) in [5, 5.41) is 10.8. The highest BCUT2D eigenvalue weighted by atomic mass is 35.5. The smallest absolute Gasteiger partial charge is 0.306 e. The molecular weight excluding hydrogens is 294 g/mol. The van der Waals surface area contributed by atoms with Crippen molar-refractivity contribution in [2.24, 2.45) is 0 Å². The van der Waals surface area contributed by atoms with Crippen LogP contribution in [0.25, 0.3) is 11.0 Å². The number of rotatable bonds is 3. The quantitative estimate of drug-likeness (QED) is 0.596. The van der Waals surface area contributed by atoms with Gasteiger partial charge in [-0.3, -0.25) is 14.7 Å². The summed E-state index contributed by atoms with van der Waals surface area (Å²) in [6.45, 7) is 0.296. The highest BCUT2D eigenvalue weighted by Crippen LogP contribution is 2.16. The summed E-state index contributed by atoms with van der Waals surface area (Å²) >= 11 is 0. The molecule has 3 aromatic rings. The van der Waals surface area contributed by atoms with Crippen LogP contribution in [-0.2, 0) is 6.54 Å². The molecule has 0 aliphatic heterocycles. The topological polar surface area (TPSA) is 80.9 Å². The van der Waals surface area contributed by atoms with Crippen LogP contribution >= 0.6 is 12.4 Å². The van der Waals surface area contributed by atoms with Crippen LogP contribution < -0.4 is 5.69 Å². The number of nitro benzene ring substituents is 1. The normalized spacial score (nSPS) is 10.3. The predicted molar refractivity (Wildman–Crippen MR) is 82.0 cm³/mol. The van der Waals surface area contributed by atoms with E-state index in [1.165, 1.54) is 12.1 Å². The zero-order valence-corrected chi connectivity index (χ0v) is 11.7. The maximum Gasteiger partial charge on any atom is 0.326 e. The van der Waals surface area contributed by atoms with Crippen LogP contribution in [0.15, 0.2) is 53.3 Å². The lowest BCUT2D eigenvalue weighted by Crippen LogP contribution is -2.17. The van der Waals surface area contributed by atoms with Gasteiger partial charge in [0.1, 0.15) is 0 Å². The van der Waals surface area contributed by atoms with E-state index in [2.05, 4.69) is 4.98 Å². The Morgan fingerprint density at radius 2 is 1.90 bits per heavy atom. The van der Waals surface area contributed by atoms with E-state index in [-0.39, 0.29) is 23.8 Å². The number of halogens is 1. The number of nitrogens with zero attached hydrogens (tertiary/aromatic N) is 2. The van der Waals surface area contributed by atoms with E-state index in [9.17, 15) is 14.9 Å². The molecule has 0 unspecified atom stereocenters. The fraction of sp³-hybridized carbons (Fsp3) is 0.0714. The molecule has 0 radical (unpaired) electrons. The fourth-order valence-electron chi connectivity index (χ4n) is 2.21. The minimum absolute atomic E-state index is 0. The van der Waals surface area contributed by atoms with Gasteiger partial charge in [0.2, 0.25) is 0 Å². The van der Waals surface area contributed by atoms with Crippen molar-refractivity contribution >= 4 is 29.1 Å². The first-order valence-corrected chi connectivity index (χ1v) is 6.06. The molecule has 1 N–H and O–H groups in total. The second-order valence-electron chi connectivity index (χ2n) is 4.46. The standard InChI is InChI=1S/C14H11N3O3.ClH/c18-14-15-12-6-1-2-7-13(12)16(14)9-10-4-3-5-11(8-10)17(19)20;/h1-8H,9H2,(H,15,18);1H. The van der Waals surface area contributed by atoms with E-state index in [1.54, 1.807) is 16.7 Å². The Bertz CT molecular complexity index is 854. The average Bonchev–Trinajstić information content (AvgIpc) is 2.76. The van der Waals surface area contributed by atoms with Crippen LogP contribution in [0.5, 0.6) is 0 Å². The van der Waals surface area contributed by atoms with Gasteiger partial charge in [-0.25, -0.2) is 4.79 Å². The number of nitrogens with one attached hydrogen (secondary N) is 1. The number of nitro groups is 1. The fourth-order valence-corrected chi connectivity index (χ4v) is 2.21. The Kier molecular flexibility index (Phi) is 4.09. The van der Waals surface area contributed by atoms with E-state index < -0.39 is 4.92 Å². The van der Waals surface area contributed by atoms with Gasteiger partial charge in [-0.1, -0.05) is 24.3 Å². The maximum absolute atomic E-state index is 11.9. The van der Waals surface area contributed by atoms with Gasteiger partial charge in [-0.2, -0.15) is 0 Å². The lowest BCUT2D eigenvalue weighted by atomic mass is 10.2. The van der Waals surface area contributed by atoms with Crippen molar-refractivity contribution in [1.29, 1.82) is 0 Å². The second kappa shape index (κ2) is 5.80. The van der Waals surface area contributed by atoms with Crippen LogP contribution in [-0.4, -0.2) is 14.5 Å². The number of aromatic amines is 1. The summed E-state index contributed by atoms with van der Waals surface area (Å²) in [7, 11) is 0. The molecule has 0 amide bonds. The highest BCUT2D eigenvalue weighted by molar-refractivity contribution is 5.85. The largest absolute Gasteiger partial charge is 0.326 e. The molecular formula is C14H12ClN3O3. The van der Waals surface area contributed by atoms with Gasteiger partial charge in [-0.15, -0.1) is 12.4 Å². The van der Waals surface area contributed by atoms with E-state index in [4.69, 9.17) is 0 Å². The minimum atomic E-state index is -0.443. The summed E-state index contributed by atoms with van der Waals surface area (Å²) in [5.41, 5.74) is 2.05. The maximum atomic E-state index is 11.9. The lowest BCUT2D eigenvalue weighted by Gasteiger charge is -2.03. The van der Waals surface area contributed by atoms with Gasteiger partial charge in [0.05, 0.1) is 22.5 Å². The Labute approximate surface area is 125 Å². The van der Waals surface area contributed by atoms with Crippen LogP contribution in [0.3, 0.4) is 0 Å². The molecule has 0 aliphatic rings. The van der Waals surface area contributed by atoms with Gasteiger partial charge < -0.3 is 4.98 Å². The zero-order chi connectivity index (χ0) is 14.1. The minimum Gasteiger partial charge on any atom is -0.306 e. The monoisotopic (exact) mass is 305 g/mol. The molecule has 7 heteroatoms. The number of imidazole rings is 1. The number of fused-ring (bicyclic) bond motifs is 1. The Morgan fingerprint density at radius 3 is 2.67 bits per heavy atom. The second-order valence-corrected chi connectivity index (χ2v) is 4.46. The lowest BCUT2D eigenvalue weighted by molar-refractivity contribution is -0.384. The van der Waals surface area contributed by atoms with Gasteiger partial charge in [0.15, 0.2) is 0 Å². The van der Waals surface area contributed by atoms with Crippen molar-refractivity contribution in [3.8, 4) is 0 Å². The van der Waals surface area contributed by atoms with E-state index in [0.29, 0.717) is 12.1 Å².